The van der Waals surface area contributed by atoms with Gasteiger partial charge >= 0.3 is 0 Å². The molecule has 0 saturated heterocycles. The Balaban J connectivity index is 1.71. The van der Waals surface area contributed by atoms with Gasteiger partial charge in [0.15, 0.2) is 0 Å². The van der Waals surface area contributed by atoms with E-state index in [1.165, 1.54) is 30.4 Å². The van der Waals surface area contributed by atoms with Crippen LogP contribution >= 0.6 is 11.6 Å². The molecule has 1 aliphatic carbocycles. The molecule has 3 heteroatoms. The number of aliphatic imine (C=N–C) groups is 1. The highest BCUT2D eigenvalue weighted by Crippen LogP contribution is 2.33. The molecular formula is C14H17ClN2. The molecule has 1 N–H and O–H groups in total. The lowest BCUT2D eigenvalue weighted by atomic mass is 9.81. The molecule has 1 aliphatic heterocycles. The van der Waals surface area contributed by atoms with Gasteiger partial charge in [0.05, 0.1) is 12.4 Å². The first-order valence-corrected chi connectivity index (χ1v) is 6.72. The van der Waals surface area contributed by atoms with Gasteiger partial charge in [0.25, 0.3) is 0 Å². The molecule has 0 spiro atoms. The van der Waals surface area contributed by atoms with E-state index in [1.807, 2.05) is 12.4 Å². The first-order valence-electron chi connectivity index (χ1n) is 6.34. The van der Waals surface area contributed by atoms with Crippen molar-refractivity contribution in [3.05, 3.63) is 34.3 Å². The van der Waals surface area contributed by atoms with E-state index < -0.39 is 0 Å². The largest absolute Gasteiger partial charge is 0.374 e. The van der Waals surface area contributed by atoms with Crippen LogP contribution in [0.5, 0.6) is 0 Å². The van der Waals surface area contributed by atoms with Gasteiger partial charge in [0.2, 0.25) is 0 Å². The van der Waals surface area contributed by atoms with Crippen LogP contribution in [0.2, 0.25) is 5.02 Å². The number of hydrogen-bond donors (Lipinski definition) is 1. The van der Waals surface area contributed by atoms with Gasteiger partial charge in [-0.15, -0.1) is 0 Å². The predicted molar refractivity (Wildman–Crippen MR) is 71.9 cm³/mol. The molecule has 0 saturated carbocycles. The summed E-state index contributed by atoms with van der Waals surface area (Å²) < 4.78 is 0. The van der Waals surface area contributed by atoms with E-state index in [0.29, 0.717) is 6.04 Å². The lowest BCUT2D eigenvalue weighted by Crippen LogP contribution is -2.22. The van der Waals surface area contributed by atoms with Crippen molar-refractivity contribution in [2.45, 2.75) is 31.7 Å². The molecule has 1 aromatic carbocycles. The zero-order chi connectivity index (χ0) is 11.7. The third-order valence-corrected chi connectivity index (χ3v) is 4.22. The zero-order valence-corrected chi connectivity index (χ0v) is 10.6. The Hall–Kier alpha value is -1.02. The maximum absolute atomic E-state index is 6.28. The highest BCUT2D eigenvalue weighted by atomic mass is 35.5. The average Bonchev–Trinajstić information content (AvgIpc) is 2.83. The van der Waals surface area contributed by atoms with Crippen molar-refractivity contribution in [1.82, 2.24) is 5.32 Å². The molecule has 2 aliphatic rings. The fourth-order valence-corrected chi connectivity index (χ4v) is 3.22. The fraction of sp³-hybridized carbons (Fsp3) is 0.500. The van der Waals surface area contributed by atoms with Gasteiger partial charge in [0.1, 0.15) is 0 Å². The number of nitrogens with one attached hydrogen (secondary N) is 1. The average molecular weight is 249 g/mol. The third-order valence-electron chi connectivity index (χ3n) is 3.87. The SMILES string of the molecule is Clc1cccc2c1CC(CC1CNC=N1)CC2. The predicted octanol–water partition coefficient (Wildman–Crippen LogP) is 2.84. The second-order valence-corrected chi connectivity index (χ2v) is 5.47. The number of halogens is 1. The monoisotopic (exact) mass is 248 g/mol. The molecule has 0 aromatic heterocycles. The Morgan fingerprint density at radius 1 is 1.41 bits per heavy atom. The van der Waals surface area contributed by atoms with Gasteiger partial charge in [-0.3, -0.25) is 4.99 Å². The quantitative estimate of drug-likeness (QED) is 0.855. The van der Waals surface area contributed by atoms with Gasteiger partial charge in [-0.2, -0.15) is 0 Å². The number of nitrogens with zero attached hydrogens (tertiary/aromatic N) is 1. The molecule has 0 fully saturated rings. The van der Waals surface area contributed by atoms with E-state index in [4.69, 9.17) is 11.6 Å². The summed E-state index contributed by atoms with van der Waals surface area (Å²) in [5, 5.41) is 4.12. The van der Waals surface area contributed by atoms with E-state index in [9.17, 15) is 0 Å². The van der Waals surface area contributed by atoms with Crippen LogP contribution in [-0.2, 0) is 12.8 Å². The molecule has 17 heavy (non-hydrogen) atoms. The van der Waals surface area contributed by atoms with Crippen LogP contribution in [0.1, 0.15) is 24.0 Å². The summed E-state index contributed by atoms with van der Waals surface area (Å²) in [6.45, 7) is 1.01. The summed E-state index contributed by atoms with van der Waals surface area (Å²) in [6, 6.07) is 6.77. The Morgan fingerprint density at radius 2 is 2.35 bits per heavy atom. The first-order chi connectivity index (χ1) is 8.33. The summed E-state index contributed by atoms with van der Waals surface area (Å²) in [6.07, 6.45) is 6.60. The number of benzene rings is 1. The smallest absolute Gasteiger partial charge is 0.0828 e. The van der Waals surface area contributed by atoms with Gasteiger partial charge in [-0.05, 0) is 48.8 Å². The summed E-state index contributed by atoms with van der Waals surface area (Å²) in [7, 11) is 0. The maximum atomic E-state index is 6.28. The van der Waals surface area contributed by atoms with E-state index in [1.54, 1.807) is 0 Å². The van der Waals surface area contributed by atoms with Crippen molar-refractivity contribution >= 4 is 17.9 Å². The van der Waals surface area contributed by atoms with Crippen LogP contribution in [0.15, 0.2) is 23.2 Å². The lowest BCUT2D eigenvalue weighted by molar-refractivity contribution is 0.394. The Labute approximate surface area is 107 Å². The number of hydrogen-bond acceptors (Lipinski definition) is 2. The fourth-order valence-electron chi connectivity index (χ4n) is 2.95. The van der Waals surface area contributed by atoms with Crippen molar-refractivity contribution in [2.75, 3.05) is 6.54 Å². The van der Waals surface area contributed by atoms with E-state index in [0.717, 1.165) is 23.9 Å². The van der Waals surface area contributed by atoms with Crippen molar-refractivity contribution < 1.29 is 0 Å². The minimum absolute atomic E-state index is 0.476. The van der Waals surface area contributed by atoms with Crippen LogP contribution in [0.4, 0.5) is 0 Å². The molecule has 2 nitrogen and oxygen atoms in total. The minimum atomic E-state index is 0.476. The highest BCUT2D eigenvalue weighted by molar-refractivity contribution is 6.31. The lowest BCUT2D eigenvalue weighted by Gasteiger charge is -2.26. The number of rotatable bonds is 2. The zero-order valence-electron chi connectivity index (χ0n) is 9.82. The van der Waals surface area contributed by atoms with E-state index in [-0.39, 0.29) is 0 Å². The molecule has 2 atom stereocenters. The molecule has 1 aromatic rings. The molecule has 0 amide bonds. The van der Waals surface area contributed by atoms with Gasteiger partial charge in [-0.25, -0.2) is 0 Å². The highest BCUT2D eigenvalue weighted by Gasteiger charge is 2.23. The summed E-state index contributed by atoms with van der Waals surface area (Å²) in [5.41, 5.74) is 2.82. The van der Waals surface area contributed by atoms with Crippen molar-refractivity contribution in [3.8, 4) is 0 Å². The topological polar surface area (TPSA) is 24.4 Å². The minimum Gasteiger partial charge on any atom is -0.374 e. The van der Waals surface area contributed by atoms with E-state index >= 15 is 0 Å². The van der Waals surface area contributed by atoms with Crippen LogP contribution in [0, 0.1) is 5.92 Å². The molecule has 1 heterocycles. The second-order valence-electron chi connectivity index (χ2n) is 5.06. The second kappa shape index (κ2) is 4.69. The van der Waals surface area contributed by atoms with Crippen LogP contribution in [0.25, 0.3) is 0 Å². The molecule has 90 valence electrons. The third kappa shape index (κ3) is 2.32. The Kier molecular flexibility index (Phi) is 3.06. The van der Waals surface area contributed by atoms with Gasteiger partial charge in [-0.1, -0.05) is 23.7 Å². The van der Waals surface area contributed by atoms with Gasteiger partial charge in [0, 0.05) is 11.6 Å². The van der Waals surface area contributed by atoms with Crippen LogP contribution < -0.4 is 5.32 Å². The van der Waals surface area contributed by atoms with E-state index in [2.05, 4.69) is 22.4 Å². The standard InChI is InChI=1S/C14H17ClN2/c15-14-3-1-2-11-5-4-10(7-13(11)14)6-12-8-16-9-17-12/h1-3,9-10,12H,4-8H2,(H,16,17). The Morgan fingerprint density at radius 3 is 3.18 bits per heavy atom. The van der Waals surface area contributed by atoms with Crippen LogP contribution in [0.3, 0.4) is 0 Å². The van der Waals surface area contributed by atoms with Gasteiger partial charge < -0.3 is 5.32 Å². The van der Waals surface area contributed by atoms with Crippen molar-refractivity contribution in [3.63, 3.8) is 0 Å². The summed E-state index contributed by atoms with van der Waals surface area (Å²) >= 11 is 6.28. The molecule has 0 bridgehead atoms. The Bertz CT molecular complexity index is 442. The number of aryl methyl sites for hydroxylation is 1. The summed E-state index contributed by atoms with van der Waals surface area (Å²) in [4.78, 5) is 4.44. The summed E-state index contributed by atoms with van der Waals surface area (Å²) in [5.74, 6) is 0.740. The molecular weight excluding hydrogens is 232 g/mol. The first kappa shape index (κ1) is 11.1. The molecule has 0 radical (unpaired) electrons. The number of fused-ring (bicyclic) bond motifs is 1. The van der Waals surface area contributed by atoms with Crippen molar-refractivity contribution in [1.29, 1.82) is 0 Å². The molecule has 3 rings (SSSR count). The maximum Gasteiger partial charge on any atom is 0.0828 e. The molecule has 2 unspecified atom stereocenters. The van der Waals surface area contributed by atoms with Crippen molar-refractivity contribution in [2.24, 2.45) is 10.9 Å². The normalized spacial score (nSPS) is 26.6. The van der Waals surface area contributed by atoms with Crippen LogP contribution in [-0.4, -0.2) is 18.9 Å².